The Morgan fingerprint density at radius 3 is 1.97 bits per heavy atom. The topological polar surface area (TPSA) is 58.2 Å². The van der Waals surface area contributed by atoms with Gasteiger partial charge in [0.15, 0.2) is 0 Å². The Balaban J connectivity index is 1.66. The number of rotatable bonds is 4. The van der Waals surface area contributed by atoms with E-state index < -0.39 is 11.8 Å². The van der Waals surface area contributed by atoms with Gasteiger partial charge >= 0.3 is 11.8 Å². The number of amides is 2. The van der Waals surface area contributed by atoms with E-state index in [4.69, 9.17) is 0 Å². The van der Waals surface area contributed by atoms with Gasteiger partial charge in [0.25, 0.3) is 0 Å². The van der Waals surface area contributed by atoms with Crippen molar-refractivity contribution in [2.24, 2.45) is 0 Å². The molecule has 0 unspecified atom stereocenters. The van der Waals surface area contributed by atoms with Crippen molar-refractivity contribution >= 4 is 35.0 Å². The Bertz CT molecular complexity index is 993. The van der Waals surface area contributed by atoms with Crippen LogP contribution in [0.25, 0.3) is 0 Å². The molecule has 0 heterocycles. The third kappa shape index (κ3) is 5.72. The van der Waals surface area contributed by atoms with E-state index in [1.165, 1.54) is 11.8 Å². The first kappa shape index (κ1) is 20.7. The second kappa shape index (κ2) is 8.97. The van der Waals surface area contributed by atoms with Gasteiger partial charge in [0.2, 0.25) is 0 Å². The van der Waals surface area contributed by atoms with E-state index in [1.807, 2.05) is 72.8 Å². The van der Waals surface area contributed by atoms with Gasteiger partial charge in [-0.05, 0) is 47.4 Å². The van der Waals surface area contributed by atoms with E-state index in [-0.39, 0.29) is 5.41 Å². The number of hydrogen-bond acceptors (Lipinski definition) is 3. The Morgan fingerprint density at radius 2 is 1.31 bits per heavy atom. The van der Waals surface area contributed by atoms with Crippen LogP contribution in [0.2, 0.25) is 0 Å². The van der Waals surface area contributed by atoms with Crippen LogP contribution in [0.3, 0.4) is 0 Å². The van der Waals surface area contributed by atoms with E-state index in [0.717, 1.165) is 15.4 Å². The number of carbonyl (C=O) groups is 2. The summed E-state index contributed by atoms with van der Waals surface area (Å²) < 4.78 is 0. The standard InChI is InChI=1S/C24H24N2O2S/c1-24(2,3)17-13-15-18(16-14-17)25-22(27)23(28)26-20-11-7-8-12-21(20)29-19-9-5-4-6-10-19/h4-16H,1-3H3,(H,25,27)(H,26,28). The Morgan fingerprint density at radius 1 is 0.724 bits per heavy atom. The average molecular weight is 405 g/mol. The van der Waals surface area contributed by atoms with Crippen LogP contribution in [0.4, 0.5) is 11.4 Å². The monoisotopic (exact) mass is 404 g/mol. The third-order valence-corrected chi connectivity index (χ3v) is 5.41. The molecule has 0 atom stereocenters. The summed E-state index contributed by atoms with van der Waals surface area (Å²) >= 11 is 1.53. The molecule has 0 aliphatic heterocycles. The van der Waals surface area contributed by atoms with Gasteiger partial charge in [-0.15, -0.1) is 0 Å². The zero-order valence-electron chi connectivity index (χ0n) is 16.7. The van der Waals surface area contributed by atoms with Crippen molar-refractivity contribution in [1.82, 2.24) is 0 Å². The van der Waals surface area contributed by atoms with E-state index >= 15 is 0 Å². The van der Waals surface area contributed by atoms with Crippen molar-refractivity contribution in [1.29, 1.82) is 0 Å². The molecular formula is C24H24N2O2S. The smallest absolute Gasteiger partial charge is 0.314 e. The van der Waals surface area contributed by atoms with Crippen molar-refractivity contribution < 1.29 is 9.59 Å². The van der Waals surface area contributed by atoms with Gasteiger partial charge in [0, 0.05) is 15.5 Å². The molecule has 29 heavy (non-hydrogen) atoms. The van der Waals surface area contributed by atoms with Crippen molar-refractivity contribution in [2.45, 2.75) is 36.0 Å². The summed E-state index contributed by atoms with van der Waals surface area (Å²) in [6, 6.07) is 24.8. The van der Waals surface area contributed by atoms with E-state index in [9.17, 15) is 9.59 Å². The second-order valence-corrected chi connectivity index (χ2v) is 8.76. The van der Waals surface area contributed by atoms with Crippen molar-refractivity contribution in [2.75, 3.05) is 10.6 Å². The molecular weight excluding hydrogens is 380 g/mol. The molecule has 4 nitrogen and oxygen atoms in total. The molecule has 0 aliphatic rings. The highest BCUT2D eigenvalue weighted by atomic mass is 32.2. The maximum atomic E-state index is 12.4. The van der Waals surface area contributed by atoms with Crippen LogP contribution >= 0.6 is 11.8 Å². The first-order chi connectivity index (χ1) is 13.8. The van der Waals surface area contributed by atoms with Crippen molar-refractivity contribution in [3.63, 3.8) is 0 Å². The molecule has 3 rings (SSSR count). The van der Waals surface area contributed by atoms with Gasteiger partial charge in [-0.1, -0.05) is 75.0 Å². The molecule has 0 saturated heterocycles. The molecule has 0 aromatic heterocycles. The highest BCUT2D eigenvalue weighted by Crippen LogP contribution is 2.33. The van der Waals surface area contributed by atoms with Gasteiger partial charge in [0.05, 0.1) is 5.69 Å². The zero-order valence-corrected chi connectivity index (χ0v) is 17.5. The molecule has 3 aromatic carbocycles. The highest BCUT2D eigenvalue weighted by Gasteiger charge is 2.17. The summed E-state index contributed by atoms with van der Waals surface area (Å²) in [4.78, 5) is 26.7. The molecule has 0 spiro atoms. The largest absolute Gasteiger partial charge is 0.318 e. The van der Waals surface area contributed by atoms with Crippen LogP contribution in [-0.2, 0) is 15.0 Å². The van der Waals surface area contributed by atoms with Crippen LogP contribution in [-0.4, -0.2) is 11.8 Å². The summed E-state index contributed by atoms with van der Waals surface area (Å²) in [5.74, 6) is -1.40. The second-order valence-electron chi connectivity index (χ2n) is 7.65. The molecule has 3 aromatic rings. The lowest BCUT2D eigenvalue weighted by Gasteiger charge is -2.19. The molecule has 148 valence electrons. The fraction of sp³-hybridized carbons (Fsp3) is 0.167. The fourth-order valence-electron chi connectivity index (χ4n) is 2.69. The summed E-state index contributed by atoms with van der Waals surface area (Å²) in [5, 5.41) is 5.37. The molecule has 0 bridgehead atoms. The minimum Gasteiger partial charge on any atom is -0.318 e. The van der Waals surface area contributed by atoms with Crippen LogP contribution in [0.1, 0.15) is 26.3 Å². The predicted molar refractivity (Wildman–Crippen MR) is 119 cm³/mol. The van der Waals surface area contributed by atoms with E-state index in [2.05, 4.69) is 31.4 Å². The van der Waals surface area contributed by atoms with Gasteiger partial charge in [-0.25, -0.2) is 0 Å². The molecule has 5 heteroatoms. The van der Waals surface area contributed by atoms with E-state index in [0.29, 0.717) is 11.4 Å². The zero-order chi connectivity index (χ0) is 20.9. The summed E-state index contributed by atoms with van der Waals surface area (Å²) in [6.45, 7) is 6.37. The number of benzene rings is 3. The molecule has 0 fully saturated rings. The Hall–Kier alpha value is -3.05. The summed E-state index contributed by atoms with van der Waals surface area (Å²) in [5.41, 5.74) is 2.38. The maximum Gasteiger partial charge on any atom is 0.314 e. The number of hydrogen-bond donors (Lipinski definition) is 2. The summed E-state index contributed by atoms with van der Waals surface area (Å²) in [6.07, 6.45) is 0. The van der Waals surface area contributed by atoms with Crippen molar-refractivity contribution in [3.8, 4) is 0 Å². The van der Waals surface area contributed by atoms with Gasteiger partial charge in [-0.3, -0.25) is 9.59 Å². The molecule has 0 saturated carbocycles. The van der Waals surface area contributed by atoms with Crippen LogP contribution in [0.15, 0.2) is 88.7 Å². The van der Waals surface area contributed by atoms with Crippen LogP contribution in [0, 0.1) is 0 Å². The molecule has 0 radical (unpaired) electrons. The first-order valence-corrected chi connectivity index (χ1v) is 10.2. The first-order valence-electron chi connectivity index (χ1n) is 9.38. The molecule has 2 amide bonds. The predicted octanol–water partition coefficient (Wildman–Crippen LogP) is 5.71. The SMILES string of the molecule is CC(C)(C)c1ccc(NC(=O)C(=O)Nc2ccccc2Sc2ccccc2)cc1. The van der Waals surface area contributed by atoms with Gasteiger partial charge in [-0.2, -0.15) is 0 Å². The highest BCUT2D eigenvalue weighted by molar-refractivity contribution is 7.99. The number of anilines is 2. The average Bonchev–Trinajstić information content (AvgIpc) is 2.70. The van der Waals surface area contributed by atoms with E-state index in [1.54, 1.807) is 6.07 Å². The molecule has 2 N–H and O–H groups in total. The number of para-hydroxylation sites is 1. The van der Waals surface area contributed by atoms with Gasteiger partial charge < -0.3 is 10.6 Å². The minimum absolute atomic E-state index is 0.0278. The lowest BCUT2D eigenvalue weighted by Crippen LogP contribution is -2.29. The lowest BCUT2D eigenvalue weighted by atomic mass is 9.87. The molecule has 0 aliphatic carbocycles. The minimum atomic E-state index is -0.703. The lowest BCUT2D eigenvalue weighted by molar-refractivity contribution is -0.133. The Kier molecular flexibility index (Phi) is 6.39. The maximum absolute atomic E-state index is 12.4. The van der Waals surface area contributed by atoms with Crippen molar-refractivity contribution in [3.05, 3.63) is 84.4 Å². The summed E-state index contributed by atoms with van der Waals surface area (Å²) in [7, 11) is 0. The number of nitrogens with one attached hydrogen (secondary N) is 2. The number of carbonyl (C=O) groups excluding carboxylic acids is 2. The van der Waals surface area contributed by atoms with Crippen LogP contribution < -0.4 is 10.6 Å². The van der Waals surface area contributed by atoms with Gasteiger partial charge in [0.1, 0.15) is 0 Å². The quantitative estimate of drug-likeness (QED) is 0.547. The third-order valence-electron chi connectivity index (χ3n) is 4.32. The fourth-order valence-corrected chi connectivity index (χ4v) is 3.62. The Labute approximate surface area is 175 Å². The van der Waals surface area contributed by atoms with Crippen LogP contribution in [0.5, 0.6) is 0 Å². The normalized spacial score (nSPS) is 11.0.